The number of aromatic hydroxyl groups is 1. The standard InChI is InChI=1S/C11H13NO3/c12-11(10(14)15)5-4-7-2-1-3-9(13)8(7)6-11/h1-3,13H,4-6,12H2,(H,14,15)/t11-/m0/s1. The molecule has 2 rings (SSSR count). The summed E-state index contributed by atoms with van der Waals surface area (Å²) >= 11 is 0. The van der Waals surface area contributed by atoms with Crippen molar-refractivity contribution in [2.24, 2.45) is 5.73 Å². The molecule has 0 unspecified atom stereocenters. The van der Waals surface area contributed by atoms with Crippen LogP contribution in [0.1, 0.15) is 17.5 Å². The van der Waals surface area contributed by atoms with Crippen molar-refractivity contribution in [1.82, 2.24) is 0 Å². The van der Waals surface area contributed by atoms with Crippen LogP contribution in [-0.2, 0) is 17.6 Å². The molecule has 0 heterocycles. The Morgan fingerprint density at radius 3 is 2.87 bits per heavy atom. The van der Waals surface area contributed by atoms with Crippen LogP contribution in [0.25, 0.3) is 0 Å². The van der Waals surface area contributed by atoms with E-state index < -0.39 is 11.5 Å². The van der Waals surface area contributed by atoms with Gasteiger partial charge >= 0.3 is 5.97 Å². The molecule has 0 bridgehead atoms. The summed E-state index contributed by atoms with van der Waals surface area (Å²) in [5.41, 5.74) is 6.22. The van der Waals surface area contributed by atoms with E-state index in [1.165, 1.54) is 0 Å². The zero-order valence-electron chi connectivity index (χ0n) is 8.23. The second-order valence-electron chi connectivity index (χ2n) is 4.05. The van der Waals surface area contributed by atoms with Crippen molar-refractivity contribution in [3.63, 3.8) is 0 Å². The Morgan fingerprint density at radius 2 is 2.20 bits per heavy atom. The quantitative estimate of drug-likeness (QED) is 0.631. The highest BCUT2D eigenvalue weighted by atomic mass is 16.4. The van der Waals surface area contributed by atoms with Gasteiger partial charge in [-0.05, 0) is 30.0 Å². The third kappa shape index (κ3) is 1.57. The SMILES string of the molecule is N[C@@]1(C(=O)O)CCc2cccc(O)c2C1. The van der Waals surface area contributed by atoms with Crippen LogP contribution in [0.4, 0.5) is 0 Å². The Hall–Kier alpha value is -1.55. The van der Waals surface area contributed by atoms with Crippen LogP contribution in [-0.4, -0.2) is 21.7 Å². The molecule has 1 atom stereocenters. The molecule has 80 valence electrons. The molecule has 0 aliphatic heterocycles. The van der Waals surface area contributed by atoms with Gasteiger partial charge in [0.1, 0.15) is 11.3 Å². The number of rotatable bonds is 1. The van der Waals surface area contributed by atoms with Gasteiger partial charge in [-0.2, -0.15) is 0 Å². The van der Waals surface area contributed by atoms with Gasteiger partial charge in [-0.25, -0.2) is 0 Å². The Labute approximate surface area is 87.3 Å². The number of carboxylic acids is 1. The van der Waals surface area contributed by atoms with E-state index in [4.69, 9.17) is 10.8 Å². The lowest BCUT2D eigenvalue weighted by molar-refractivity contribution is -0.143. The van der Waals surface area contributed by atoms with Crippen LogP contribution < -0.4 is 5.73 Å². The topological polar surface area (TPSA) is 83.6 Å². The molecule has 0 spiro atoms. The first kappa shape index (κ1) is 9.98. The first-order valence-electron chi connectivity index (χ1n) is 4.85. The number of carbonyl (C=O) groups is 1. The number of hydrogen-bond acceptors (Lipinski definition) is 3. The molecule has 0 aromatic heterocycles. The number of phenolic OH excluding ortho intramolecular Hbond substituents is 1. The van der Waals surface area contributed by atoms with Crippen LogP contribution >= 0.6 is 0 Å². The minimum atomic E-state index is -1.23. The Morgan fingerprint density at radius 1 is 1.47 bits per heavy atom. The predicted octanol–water partition coefficient (Wildman–Crippen LogP) is 0.663. The first-order valence-corrected chi connectivity index (χ1v) is 4.85. The summed E-state index contributed by atoms with van der Waals surface area (Å²) in [5.74, 6) is -0.861. The zero-order chi connectivity index (χ0) is 11.1. The van der Waals surface area contributed by atoms with Gasteiger partial charge in [0.05, 0.1) is 0 Å². The highest BCUT2D eigenvalue weighted by Gasteiger charge is 2.38. The van der Waals surface area contributed by atoms with E-state index in [2.05, 4.69) is 0 Å². The highest BCUT2D eigenvalue weighted by molar-refractivity contribution is 5.79. The molecule has 1 aromatic rings. The van der Waals surface area contributed by atoms with E-state index in [1.54, 1.807) is 12.1 Å². The summed E-state index contributed by atoms with van der Waals surface area (Å²) in [6.45, 7) is 0. The lowest BCUT2D eigenvalue weighted by atomic mass is 9.78. The van der Waals surface area contributed by atoms with Crippen molar-refractivity contribution >= 4 is 5.97 Å². The van der Waals surface area contributed by atoms with Crippen LogP contribution in [0.15, 0.2) is 18.2 Å². The fraction of sp³-hybridized carbons (Fsp3) is 0.364. The van der Waals surface area contributed by atoms with Gasteiger partial charge in [-0.1, -0.05) is 12.1 Å². The van der Waals surface area contributed by atoms with Crippen molar-refractivity contribution < 1.29 is 15.0 Å². The van der Waals surface area contributed by atoms with Crippen LogP contribution in [0.3, 0.4) is 0 Å². The van der Waals surface area contributed by atoms with Crippen molar-refractivity contribution in [1.29, 1.82) is 0 Å². The summed E-state index contributed by atoms with van der Waals surface area (Å²) < 4.78 is 0. The maximum Gasteiger partial charge on any atom is 0.324 e. The number of benzene rings is 1. The number of nitrogens with two attached hydrogens (primary N) is 1. The summed E-state index contributed by atoms with van der Waals surface area (Å²) in [7, 11) is 0. The minimum absolute atomic E-state index is 0.142. The summed E-state index contributed by atoms with van der Waals surface area (Å²) in [6.07, 6.45) is 1.22. The maximum absolute atomic E-state index is 11.0. The van der Waals surface area contributed by atoms with Gasteiger partial charge < -0.3 is 15.9 Å². The van der Waals surface area contributed by atoms with Gasteiger partial charge in [0.2, 0.25) is 0 Å². The van der Waals surface area contributed by atoms with E-state index in [0.717, 1.165) is 5.56 Å². The summed E-state index contributed by atoms with van der Waals surface area (Å²) in [5, 5.41) is 18.6. The number of hydrogen-bond donors (Lipinski definition) is 3. The molecule has 0 fully saturated rings. The van der Waals surface area contributed by atoms with Crippen molar-refractivity contribution in [2.45, 2.75) is 24.8 Å². The lowest BCUT2D eigenvalue weighted by Gasteiger charge is -2.31. The third-order valence-corrected chi connectivity index (χ3v) is 3.01. The number of carboxylic acid groups (broad SMARTS) is 1. The zero-order valence-corrected chi connectivity index (χ0v) is 8.23. The minimum Gasteiger partial charge on any atom is -0.508 e. The normalized spacial score (nSPS) is 24.6. The monoisotopic (exact) mass is 207 g/mol. The Bertz CT molecular complexity index is 416. The molecule has 0 saturated heterocycles. The fourth-order valence-electron chi connectivity index (χ4n) is 2.00. The molecular weight excluding hydrogens is 194 g/mol. The smallest absolute Gasteiger partial charge is 0.324 e. The number of fused-ring (bicyclic) bond motifs is 1. The average molecular weight is 207 g/mol. The molecule has 4 heteroatoms. The van der Waals surface area contributed by atoms with Crippen LogP contribution in [0.5, 0.6) is 5.75 Å². The fourth-order valence-corrected chi connectivity index (χ4v) is 2.00. The van der Waals surface area contributed by atoms with Gasteiger partial charge in [0.25, 0.3) is 0 Å². The van der Waals surface area contributed by atoms with Gasteiger partial charge in [-0.15, -0.1) is 0 Å². The van der Waals surface area contributed by atoms with E-state index >= 15 is 0 Å². The van der Waals surface area contributed by atoms with Gasteiger partial charge in [0.15, 0.2) is 0 Å². The highest BCUT2D eigenvalue weighted by Crippen LogP contribution is 2.32. The van der Waals surface area contributed by atoms with Crippen molar-refractivity contribution in [3.8, 4) is 5.75 Å². The Kier molecular flexibility index (Phi) is 2.16. The first-order chi connectivity index (χ1) is 7.03. The molecule has 1 aliphatic rings. The largest absolute Gasteiger partial charge is 0.508 e. The van der Waals surface area contributed by atoms with E-state index in [1.807, 2.05) is 6.07 Å². The predicted molar refractivity (Wildman–Crippen MR) is 54.7 cm³/mol. The Balaban J connectivity index is 2.42. The van der Waals surface area contributed by atoms with Crippen LogP contribution in [0.2, 0.25) is 0 Å². The second kappa shape index (κ2) is 3.24. The molecule has 0 saturated carbocycles. The van der Waals surface area contributed by atoms with Gasteiger partial charge in [-0.3, -0.25) is 4.79 Å². The molecule has 15 heavy (non-hydrogen) atoms. The number of aryl methyl sites for hydroxylation is 1. The number of aliphatic carboxylic acids is 1. The van der Waals surface area contributed by atoms with Crippen LogP contribution in [0, 0.1) is 0 Å². The molecule has 4 N–H and O–H groups in total. The second-order valence-corrected chi connectivity index (χ2v) is 4.05. The molecule has 0 amide bonds. The van der Waals surface area contributed by atoms with Crippen molar-refractivity contribution in [2.75, 3.05) is 0 Å². The van der Waals surface area contributed by atoms with Crippen molar-refractivity contribution in [3.05, 3.63) is 29.3 Å². The van der Waals surface area contributed by atoms with E-state index in [9.17, 15) is 9.90 Å². The summed E-state index contributed by atoms with van der Waals surface area (Å²) in [6, 6.07) is 5.22. The molecule has 1 aromatic carbocycles. The average Bonchev–Trinajstić information content (AvgIpc) is 2.19. The lowest BCUT2D eigenvalue weighted by Crippen LogP contribution is -2.52. The van der Waals surface area contributed by atoms with Gasteiger partial charge in [0, 0.05) is 6.42 Å². The summed E-state index contributed by atoms with van der Waals surface area (Å²) in [4.78, 5) is 11.0. The molecule has 1 aliphatic carbocycles. The molecule has 0 radical (unpaired) electrons. The maximum atomic E-state index is 11.0. The van der Waals surface area contributed by atoms with E-state index in [0.29, 0.717) is 18.4 Å². The molecular formula is C11H13NO3. The molecule has 4 nitrogen and oxygen atoms in total. The third-order valence-electron chi connectivity index (χ3n) is 3.01. The van der Waals surface area contributed by atoms with E-state index in [-0.39, 0.29) is 12.2 Å². The number of phenols is 1.